The number of methoxy groups -OCH3 is 1. The molecule has 0 spiro atoms. The molecule has 84 valence electrons. The van der Waals surface area contributed by atoms with Crippen molar-refractivity contribution in [3.8, 4) is 0 Å². The highest BCUT2D eigenvalue weighted by molar-refractivity contribution is 5.69. The lowest BCUT2D eigenvalue weighted by Crippen LogP contribution is -2.12. The molecular formula is C12H18O3. The monoisotopic (exact) mass is 210 g/mol. The highest BCUT2D eigenvalue weighted by Crippen LogP contribution is 2.29. The molecular weight excluding hydrogens is 192 g/mol. The number of hydrogen-bond donors (Lipinski definition) is 0. The predicted octanol–water partition coefficient (Wildman–Crippen LogP) is 2.23. The van der Waals surface area contributed by atoms with Gasteiger partial charge in [-0.25, -0.2) is 0 Å². The van der Waals surface area contributed by atoms with E-state index in [1.54, 1.807) is 0 Å². The first-order chi connectivity index (χ1) is 7.17. The number of carbonyl (C=O) groups is 1. The molecule has 0 aromatic rings. The van der Waals surface area contributed by atoms with Crippen LogP contribution in [-0.2, 0) is 14.3 Å². The number of hydrogen-bond acceptors (Lipinski definition) is 3. The second-order valence-electron chi connectivity index (χ2n) is 3.75. The minimum Gasteiger partial charge on any atom is -0.469 e. The fourth-order valence-corrected chi connectivity index (χ4v) is 1.73. The Balaban J connectivity index is 2.31. The first-order valence-electron chi connectivity index (χ1n) is 5.18. The molecule has 0 unspecified atom stereocenters. The summed E-state index contributed by atoms with van der Waals surface area (Å²) in [6.07, 6.45) is 4.79. The lowest BCUT2D eigenvalue weighted by atomic mass is 10.0. The Labute approximate surface area is 90.8 Å². The lowest BCUT2D eigenvalue weighted by Gasteiger charge is -2.11. The van der Waals surface area contributed by atoms with Gasteiger partial charge in [0.1, 0.15) is 0 Å². The second kappa shape index (κ2) is 5.71. The molecule has 0 N–H and O–H groups in total. The Hall–Kier alpha value is -1.09. The molecule has 1 heterocycles. The largest absolute Gasteiger partial charge is 0.469 e. The highest BCUT2D eigenvalue weighted by atomic mass is 16.5. The van der Waals surface area contributed by atoms with E-state index >= 15 is 0 Å². The number of rotatable bonds is 5. The molecule has 0 aliphatic carbocycles. The molecule has 3 nitrogen and oxygen atoms in total. The summed E-state index contributed by atoms with van der Waals surface area (Å²) in [6, 6.07) is 0. The van der Waals surface area contributed by atoms with E-state index in [2.05, 4.69) is 17.9 Å². The summed E-state index contributed by atoms with van der Waals surface area (Å²) < 4.78 is 10.3. The molecule has 0 bridgehead atoms. The van der Waals surface area contributed by atoms with Crippen LogP contribution in [0.1, 0.15) is 25.7 Å². The van der Waals surface area contributed by atoms with Crippen LogP contribution in [0, 0.1) is 0 Å². The zero-order valence-electron chi connectivity index (χ0n) is 9.20. The molecule has 0 aromatic carbocycles. The Kier molecular flexibility index (Phi) is 4.56. The van der Waals surface area contributed by atoms with Gasteiger partial charge in [-0.1, -0.05) is 12.7 Å². The minimum absolute atomic E-state index is 0.0881. The normalized spacial score (nSPS) is 25.3. The summed E-state index contributed by atoms with van der Waals surface area (Å²) in [4.78, 5) is 10.9. The second-order valence-corrected chi connectivity index (χ2v) is 3.75. The fourth-order valence-electron chi connectivity index (χ4n) is 1.73. The average molecular weight is 210 g/mol. The van der Waals surface area contributed by atoms with Crippen molar-refractivity contribution in [1.29, 1.82) is 0 Å². The Bertz CT molecular complexity index is 258. The summed E-state index contributed by atoms with van der Waals surface area (Å²) in [5.74, 6) is -0.184. The van der Waals surface area contributed by atoms with Gasteiger partial charge in [-0.3, -0.25) is 4.79 Å². The van der Waals surface area contributed by atoms with Crippen LogP contribution in [0.2, 0.25) is 0 Å². The van der Waals surface area contributed by atoms with E-state index in [1.165, 1.54) is 7.11 Å². The van der Waals surface area contributed by atoms with Crippen molar-refractivity contribution in [2.75, 3.05) is 7.11 Å². The van der Waals surface area contributed by atoms with Gasteiger partial charge < -0.3 is 9.47 Å². The Morgan fingerprint density at radius 1 is 1.73 bits per heavy atom. The first kappa shape index (κ1) is 12.0. The number of esters is 1. The number of carbonyl (C=O) groups excluding carboxylic acids is 1. The minimum atomic E-state index is -0.184. The van der Waals surface area contributed by atoms with Gasteiger partial charge in [0.15, 0.2) is 0 Å². The third-order valence-electron chi connectivity index (χ3n) is 2.58. The van der Waals surface area contributed by atoms with E-state index < -0.39 is 0 Å². The molecule has 0 aromatic heterocycles. The zero-order chi connectivity index (χ0) is 11.3. The zero-order valence-corrected chi connectivity index (χ0v) is 9.20. The van der Waals surface area contributed by atoms with Crippen LogP contribution in [0.3, 0.4) is 0 Å². The molecule has 3 heteroatoms. The molecule has 1 aliphatic rings. The van der Waals surface area contributed by atoms with Crippen molar-refractivity contribution >= 4 is 5.97 Å². The van der Waals surface area contributed by atoms with Gasteiger partial charge in [0.25, 0.3) is 0 Å². The van der Waals surface area contributed by atoms with Crippen LogP contribution in [0.5, 0.6) is 0 Å². The maximum atomic E-state index is 10.9. The molecule has 1 rings (SSSR count). The van der Waals surface area contributed by atoms with Gasteiger partial charge in [0.05, 0.1) is 19.3 Å². The van der Waals surface area contributed by atoms with E-state index in [0.717, 1.165) is 18.4 Å². The van der Waals surface area contributed by atoms with Gasteiger partial charge in [0, 0.05) is 6.42 Å². The fraction of sp³-hybridized carbons (Fsp3) is 0.583. The van der Waals surface area contributed by atoms with Gasteiger partial charge >= 0.3 is 5.97 Å². The molecule has 0 amide bonds. The molecule has 1 aliphatic heterocycles. The standard InChI is InChI=1S/C12H18O3/c1-4-5-11-9(2)8-10(15-11)6-7-12(13)14-3/h4,10-11H,1-2,5-8H2,3H3/t10-,11-/m0/s1. The first-order valence-corrected chi connectivity index (χ1v) is 5.18. The van der Waals surface area contributed by atoms with E-state index in [-0.39, 0.29) is 18.2 Å². The average Bonchev–Trinajstić information content (AvgIpc) is 2.57. The summed E-state index contributed by atoms with van der Waals surface area (Å²) in [5, 5.41) is 0. The van der Waals surface area contributed by atoms with E-state index in [1.807, 2.05) is 6.08 Å². The lowest BCUT2D eigenvalue weighted by molar-refractivity contribution is -0.141. The van der Waals surface area contributed by atoms with Crippen LogP contribution in [0.4, 0.5) is 0 Å². The van der Waals surface area contributed by atoms with Crippen molar-refractivity contribution in [3.63, 3.8) is 0 Å². The summed E-state index contributed by atoms with van der Waals surface area (Å²) in [6.45, 7) is 7.64. The van der Waals surface area contributed by atoms with E-state index in [9.17, 15) is 4.79 Å². The van der Waals surface area contributed by atoms with Crippen LogP contribution >= 0.6 is 0 Å². The van der Waals surface area contributed by atoms with Gasteiger partial charge in [-0.2, -0.15) is 0 Å². The Morgan fingerprint density at radius 3 is 3.07 bits per heavy atom. The summed E-state index contributed by atoms with van der Waals surface area (Å²) in [5.41, 5.74) is 1.10. The van der Waals surface area contributed by atoms with Gasteiger partial charge in [-0.15, -0.1) is 6.58 Å². The van der Waals surface area contributed by atoms with Gasteiger partial charge in [0.2, 0.25) is 0 Å². The third kappa shape index (κ3) is 3.51. The Morgan fingerprint density at radius 2 is 2.47 bits per heavy atom. The van der Waals surface area contributed by atoms with Crippen molar-refractivity contribution in [1.82, 2.24) is 0 Å². The van der Waals surface area contributed by atoms with Crippen LogP contribution in [0.15, 0.2) is 24.8 Å². The molecule has 1 saturated heterocycles. The summed E-state index contributed by atoms with van der Waals surface area (Å²) >= 11 is 0. The maximum Gasteiger partial charge on any atom is 0.305 e. The number of ether oxygens (including phenoxy) is 2. The molecule has 0 radical (unpaired) electrons. The third-order valence-corrected chi connectivity index (χ3v) is 2.58. The SMILES string of the molecule is C=CC[C@@H]1O[C@@H](CCC(=O)OC)CC1=C. The van der Waals surface area contributed by atoms with Crippen molar-refractivity contribution in [2.45, 2.75) is 37.9 Å². The van der Waals surface area contributed by atoms with Crippen LogP contribution in [0.25, 0.3) is 0 Å². The van der Waals surface area contributed by atoms with Crippen molar-refractivity contribution in [2.24, 2.45) is 0 Å². The van der Waals surface area contributed by atoms with Gasteiger partial charge in [-0.05, 0) is 24.8 Å². The molecule has 1 fully saturated rings. The predicted molar refractivity (Wildman–Crippen MR) is 58.5 cm³/mol. The quantitative estimate of drug-likeness (QED) is 0.515. The van der Waals surface area contributed by atoms with Crippen molar-refractivity contribution < 1.29 is 14.3 Å². The molecule has 2 atom stereocenters. The maximum absolute atomic E-state index is 10.9. The van der Waals surface area contributed by atoms with E-state index in [0.29, 0.717) is 12.8 Å². The topological polar surface area (TPSA) is 35.5 Å². The highest BCUT2D eigenvalue weighted by Gasteiger charge is 2.27. The van der Waals surface area contributed by atoms with Crippen LogP contribution in [-0.4, -0.2) is 25.3 Å². The molecule has 15 heavy (non-hydrogen) atoms. The van der Waals surface area contributed by atoms with E-state index in [4.69, 9.17) is 4.74 Å². The van der Waals surface area contributed by atoms with Crippen LogP contribution < -0.4 is 0 Å². The van der Waals surface area contributed by atoms with Crippen molar-refractivity contribution in [3.05, 3.63) is 24.8 Å². The smallest absolute Gasteiger partial charge is 0.305 e. The summed E-state index contributed by atoms with van der Waals surface area (Å²) in [7, 11) is 1.40. The molecule has 0 saturated carbocycles.